The van der Waals surface area contributed by atoms with Gasteiger partial charge in [0.1, 0.15) is 0 Å². The number of thiophene rings is 1. The molecule has 1 rings (SSSR count). The first-order valence-electron chi connectivity index (χ1n) is 3.94. The Labute approximate surface area is 83.2 Å². The van der Waals surface area contributed by atoms with E-state index in [4.69, 9.17) is 10.8 Å². The number of alkyl halides is 3. The fourth-order valence-electron chi connectivity index (χ4n) is 1.02. The van der Waals surface area contributed by atoms with Gasteiger partial charge in [-0.25, -0.2) is 0 Å². The van der Waals surface area contributed by atoms with E-state index in [1.165, 1.54) is 11.3 Å². The molecule has 0 saturated heterocycles. The van der Waals surface area contributed by atoms with Crippen molar-refractivity contribution in [1.82, 2.24) is 0 Å². The lowest BCUT2D eigenvalue weighted by Crippen LogP contribution is -2.46. The maximum atomic E-state index is 12.0. The average Bonchev–Trinajstić information content (AvgIpc) is 2.53. The van der Waals surface area contributed by atoms with Crippen molar-refractivity contribution in [3.05, 3.63) is 22.4 Å². The van der Waals surface area contributed by atoms with Crippen molar-refractivity contribution in [3.63, 3.8) is 0 Å². The highest BCUT2D eigenvalue weighted by Crippen LogP contribution is 2.23. The lowest BCUT2D eigenvalue weighted by atomic mass is 10.1. The Morgan fingerprint density at radius 1 is 1.50 bits per heavy atom. The van der Waals surface area contributed by atoms with Crippen LogP contribution in [0.15, 0.2) is 17.5 Å². The molecular weight excluding hydrogens is 215 g/mol. The summed E-state index contributed by atoms with van der Waals surface area (Å²) in [6.07, 6.45) is -7.06. The molecule has 2 nitrogen and oxygen atoms in total. The summed E-state index contributed by atoms with van der Waals surface area (Å²) in [5.74, 6) is 0. The third-order valence-electron chi connectivity index (χ3n) is 1.76. The molecule has 0 saturated carbocycles. The van der Waals surface area contributed by atoms with Crippen LogP contribution in [0.5, 0.6) is 0 Å². The molecule has 2 unspecified atom stereocenters. The number of aliphatic hydroxyl groups is 1. The molecule has 0 aromatic carbocycles. The largest absolute Gasteiger partial charge is 0.415 e. The molecule has 0 radical (unpaired) electrons. The van der Waals surface area contributed by atoms with Crippen LogP contribution in [0.2, 0.25) is 0 Å². The zero-order valence-electron chi connectivity index (χ0n) is 7.16. The van der Waals surface area contributed by atoms with Crippen LogP contribution < -0.4 is 5.73 Å². The third kappa shape index (κ3) is 2.97. The third-order valence-corrected chi connectivity index (χ3v) is 2.66. The molecule has 0 aliphatic rings. The Bertz CT molecular complexity index is 273. The van der Waals surface area contributed by atoms with Gasteiger partial charge in [-0.15, -0.1) is 11.3 Å². The molecule has 0 aliphatic carbocycles. The van der Waals surface area contributed by atoms with Gasteiger partial charge in [-0.3, -0.25) is 0 Å². The van der Waals surface area contributed by atoms with E-state index in [2.05, 4.69) is 0 Å². The summed E-state index contributed by atoms with van der Waals surface area (Å²) in [6.45, 7) is 0. The van der Waals surface area contributed by atoms with Crippen molar-refractivity contribution in [3.8, 4) is 0 Å². The van der Waals surface area contributed by atoms with Gasteiger partial charge in [0.15, 0.2) is 6.10 Å². The minimum absolute atomic E-state index is 0.0400. The van der Waals surface area contributed by atoms with E-state index in [1.807, 2.05) is 0 Å². The Hall–Kier alpha value is -0.590. The minimum atomic E-state index is -4.64. The predicted octanol–water partition coefficient (Wildman–Crippen LogP) is 1.54. The van der Waals surface area contributed by atoms with Gasteiger partial charge in [0.05, 0.1) is 0 Å². The van der Waals surface area contributed by atoms with Crippen LogP contribution in [0.1, 0.15) is 4.88 Å². The molecule has 1 aromatic rings. The first kappa shape index (κ1) is 11.5. The number of hydrogen-bond donors (Lipinski definition) is 2. The summed E-state index contributed by atoms with van der Waals surface area (Å²) >= 11 is 1.32. The predicted molar refractivity (Wildman–Crippen MR) is 48.1 cm³/mol. The van der Waals surface area contributed by atoms with Gasteiger partial charge in [-0.1, -0.05) is 6.07 Å². The monoisotopic (exact) mass is 225 g/mol. The van der Waals surface area contributed by atoms with Gasteiger partial charge in [-0.05, 0) is 17.9 Å². The van der Waals surface area contributed by atoms with Crippen molar-refractivity contribution in [2.75, 3.05) is 0 Å². The van der Waals surface area contributed by atoms with E-state index in [0.29, 0.717) is 0 Å². The fourth-order valence-corrected chi connectivity index (χ4v) is 1.79. The van der Waals surface area contributed by atoms with Gasteiger partial charge >= 0.3 is 6.18 Å². The Balaban J connectivity index is 2.54. The van der Waals surface area contributed by atoms with E-state index in [9.17, 15) is 13.2 Å². The molecule has 0 bridgehead atoms. The second kappa shape index (κ2) is 4.29. The molecule has 80 valence electrons. The van der Waals surface area contributed by atoms with Crippen molar-refractivity contribution in [1.29, 1.82) is 0 Å². The summed E-state index contributed by atoms with van der Waals surface area (Å²) in [4.78, 5) is 0.737. The number of hydrogen-bond acceptors (Lipinski definition) is 3. The highest BCUT2D eigenvalue weighted by atomic mass is 32.1. The topological polar surface area (TPSA) is 46.2 Å². The standard InChI is InChI=1S/C8H10F3NOS/c9-8(10,11)7(13)6(12)4-5-2-1-3-14-5/h1-3,6-7,13H,4,12H2. The van der Waals surface area contributed by atoms with Crippen LogP contribution in [0.3, 0.4) is 0 Å². The zero-order chi connectivity index (χ0) is 10.8. The number of rotatable bonds is 3. The molecular formula is C8H10F3NOS. The van der Waals surface area contributed by atoms with Crippen LogP contribution in [-0.4, -0.2) is 23.4 Å². The van der Waals surface area contributed by atoms with Crippen molar-refractivity contribution < 1.29 is 18.3 Å². The highest BCUT2D eigenvalue weighted by Gasteiger charge is 2.42. The quantitative estimate of drug-likeness (QED) is 0.819. The summed E-state index contributed by atoms with van der Waals surface area (Å²) in [6, 6.07) is 2.12. The van der Waals surface area contributed by atoms with Crippen LogP contribution in [-0.2, 0) is 6.42 Å². The van der Waals surface area contributed by atoms with Crippen molar-refractivity contribution in [2.24, 2.45) is 5.73 Å². The lowest BCUT2D eigenvalue weighted by molar-refractivity contribution is -0.209. The normalized spacial score (nSPS) is 16.6. The molecule has 3 N–H and O–H groups in total. The molecule has 0 aliphatic heterocycles. The average molecular weight is 225 g/mol. The van der Waals surface area contributed by atoms with E-state index in [1.54, 1.807) is 17.5 Å². The Morgan fingerprint density at radius 3 is 2.57 bits per heavy atom. The zero-order valence-corrected chi connectivity index (χ0v) is 7.98. The lowest BCUT2D eigenvalue weighted by Gasteiger charge is -2.20. The summed E-state index contributed by atoms with van der Waals surface area (Å²) in [5, 5.41) is 10.6. The molecule has 0 fully saturated rings. The second-order valence-corrected chi connectivity index (χ2v) is 3.97. The second-order valence-electron chi connectivity index (χ2n) is 2.93. The molecule has 14 heavy (non-hydrogen) atoms. The summed E-state index contributed by atoms with van der Waals surface area (Å²) in [7, 11) is 0. The molecule has 1 aromatic heterocycles. The van der Waals surface area contributed by atoms with E-state index < -0.39 is 18.3 Å². The van der Waals surface area contributed by atoms with Crippen LogP contribution in [0, 0.1) is 0 Å². The van der Waals surface area contributed by atoms with Gasteiger partial charge in [0.25, 0.3) is 0 Å². The van der Waals surface area contributed by atoms with Crippen LogP contribution in [0.25, 0.3) is 0 Å². The maximum absolute atomic E-state index is 12.0. The minimum Gasteiger partial charge on any atom is -0.382 e. The molecule has 2 atom stereocenters. The van der Waals surface area contributed by atoms with Crippen molar-refractivity contribution >= 4 is 11.3 Å². The van der Waals surface area contributed by atoms with Gasteiger partial charge in [0, 0.05) is 10.9 Å². The van der Waals surface area contributed by atoms with E-state index in [-0.39, 0.29) is 6.42 Å². The summed E-state index contributed by atoms with van der Waals surface area (Å²) < 4.78 is 36.0. The summed E-state index contributed by atoms with van der Waals surface area (Å²) in [5.41, 5.74) is 5.23. The molecule has 0 spiro atoms. The molecule has 1 heterocycles. The SMILES string of the molecule is NC(Cc1cccs1)C(O)C(F)(F)F. The first-order valence-corrected chi connectivity index (χ1v) is 4.82. The maximum Gasteiger partial charge on any atom is 0.415 e. The van der Waals surface area contributed by atoms with Crippen molar-refractivity contribution in [2.45, 2.75) is 24.7 Å². The molecule has 0 amide bonds. The van der Waals surface area contributed by atoms with Gasteiger partial charge in [0.2, 0.25) is 0 Å². The van der Waals surface area contributed by atoms with E-state index in [0.717, 1.165) is 4.88 Å². The van der Waals surface area contributed by atoms with Gasteiger partial charge in [-0.2, -0.15) is 13.2 Å². The molecule has 6 heteroatoms. The fraction of sp³-hybridized carbons (Fsp3) is 0.500. The Morgan fingerprint density at radius 2 is 2.14 bits per heavy atom. The first-order chi connectivity index (χ1) is 6.41. The number of nitrogens with two attached hydrogens (primary N) is 1. The number of aliphatic hydroxyl groups excluding tert-OH is 1. The van der Waals surface area contributed by atoms with E-state index >= 15 is 0 Å². The number of halogens is 3. The van der Waals surface area contributed by atoms with Gasteiger partial charge < -0.3 is 10.8 Å². The Kier molecular flexibility index (Phi) is 3.52. The smallest absolute Gasteiger partial charge is 0.382 e. The van der Waals surface area contributed by atoms with Crippen LogP contribution >= 0.6 is 11.3 Å². The van der Waals surface area contributed by atoms with Crippen LogP contribution in [0.4, 0.5) is 13.2 Å². The highest BCUT2D eigenvalue weighted by molar-refractivity contribution is 7.09.